The van der Waals surface area contributed by atoms with Crippen molar-refractivity contribution in [3.05, 3.63) is 28.2 Å². The molecule has 0 bridgehead atoms. The molecule has 1 aromatic carbocycles. The number of carbonyl (C=O) groups excluding carboxylic acids is 3. The molecule has 2 rings (SSSR count). The van der Waals surface area contributed by atoms with Crippen LogP contribution < -0.4 is 10.6 Å². The monoisotopic (exact) mass is 425 g/mol. The molecule has 8 heteroatoms. The lowest BCUT2D eigenvalue weighted by molar-refractivity contribution is -0.128. The summed E-state index contributed by atoms with van der Waals surface area (Å²) in [6.45, 7) is 4.75. The topological polar surface area (TPSA) is 87.7 Å². The van der Waals surface area contributed by atoms with Gasteiger partial charge in [-0.2, -0.15) is 0 Å². The van der Waals surface area contributed by atoms with Gasteiger partial charge in [0.15, 0.2) is 0 Å². The van der Waals surface area contributed by atoms with Crippen LogP contribution in [0.15, 0.2) is 22.7 Å². The van der Waals surface area contributed by atoms with Crippen LogP contribution in [0.5, 0.6) is 0 Å². The molecule has 26 heavy (non-hydrogen) atoms. The van der Waals surface area contributed by atoms with E-state index >= 15 is 0 Å². The molecule has 1 unspecified atom stereocenters. The highest BCUT2D eigenvalue weighted by Gasteiger charge is 2.29. The summed E-state index contributed by atoms with van der Waals surface area (Å²) in [6.07, 6.45) is 1.03. The summed E-state index contributed by atoms with van der Waals surface area (Å²) in [5.74, 6) is -0.834. The number of ether oxygens (including phenoxy) is 1. The molecule has 1 saturated heterocycles. The maximum atomic E-state index is 12.3. The van der Waals surface area contributed by atoms with E-state index in [-0.39, 0.29) is 24.3 Å². The Hall–Kier alpha value is -2.09. The van der Waals surface area contributed by atoms with Crippen LogP contribution in [-0.2, 0) is 14.3 Å². The SMILES string of the molecule is CCOC(=O)N1CCCC(C(=O)NCC(=O)Nc2ccc(Br)cc2C)C1. The number of amides is 3. The Labute approximate surface area is 161 Å². The first-order valence-corrected chi connectivity index (χ1v) is 9.45. The van der Waals surface area contributed by atoms with Gasteiger partial charge in [0, 0.05) is 23.2 Å². The average Bonchev–Trinajstić information content (AvgIpc) is 2.62. The number of likely N-dealkylation sites (tertiary alicyclic amines) is 1. The molecule has 0 radical (unpaired) electrons. The molecule has 1 heterocycles. The number of rotatable bonds is 5. The maximum Gasteiger partial charge on any atom is 0.409 e. The van der Waals surface area contributed by atoms with Crippen molar-refractivity contribution < 1.29 is 19.1 Å². The highest BCUT2D eigenvalue weighted by atomic mass is 79.9. The highest BCUT2D eigenvalue weighted by Crippen LogP contribution is 2.20. The molecule has 142 valence electrons. The van der Waals surface area contributed by atoms with E-state index in [4.69, 9.17) is 4.74 Å². The van der Waals surface area contributed by atoms with Crippen LogP contribution in [0.25, 0.3) is 0 Å². The van der Waals surface area contributed by atoms with Crippen molar-refractivity contribution in [1.29, 1.82) is 0 Å². The van der Waals surface area contributed by atoms with Crippen LogP contribution >= 0.6 is 15.9 Å². The van der Waals surface area contributed by atoms with Gasteiger partial charge >= 0.3 is 6.09 Å². The number of hydrogen-bond donors (Lipinski definition) is 2. The fourth-order valence-electron chi connectivity index (χ4n) is 2.85. The Morgan fingerprint density at radius 1 is 1.35 bits per heavy atom. The largest absolute Gasteiger partial charge is 0.450 e. The summed E-state index contributed by atoms with van der Waals surface area (Å²) in [4.78, 5) is 37.7. The van der Waals surface area contributed by atoms with Gasteiger partial charge in [-0.15, -0.1) is 0 Å². The van der Waals surface area contributed by atoms with Gasteiger partial charge < -0.3 is 20.3 Å². The second kappa shape index (κ2) is 9.56. The van der Waals surface area contributed by atoms with Gasteiger partial charge in [-0.25, -0.2) is 4.79 Å². The van der Waals surface area contributed by atoms with Crippen molar-refractivity contribution in [2.24, 2.45) is 5.92 Å². The summed E-state index contributed by atoms with van der Waals surface area (Å²) in [5.41, 5.74) is 1.63. The smallest absolute Gasteiger partial charge is 0.409 e. The highest BCUT2D eigenvalue weighted by molar-refractivity contribution is 9.10. The van der Waals surface area contributed by atoms with Crippen LogP contribution in [-0.4, -0.2) is 49.0 Å². The molecule has 2 N–H and O–H groups in total. The number of benzene rings is 1. The Balaban J connectivity index is 1.81. The maximum absolute atomic E-state index is 12.3. The van der Waals surface area contributed by atoms with Gasteiger partial charge in [0.05, 0.1) is 19.1 Å². The Morgan fingerprint density at radius 2 is 2.12 bits per heavy atom. The quantitative estimate of drug-likeness (QED) is 0.758. The zero-order valence-corrected chi connectivity index (χ0v) is 16.6. The Bertz CT molecular complexity index is 680. The number of aryl methyl sites for hydroxylation is 1. The lowest BCUT2D eigenvalue weighted by Crippen LogP contribution is -2.46. The van der Waals surface area contributed by atoms with E-state index in [1.54, 1.807) is 17.9 Å². The number of nitrogens with one attached hydrogen (secondary N) is 2. The summed E-state index contributed by atoms with van der Waals surface area (Å²) in [7, 11) is 0. The molecule has 0 aromatic heterocycles. The number of anilines is 1. The predicted octanol–water partition coefficient (Wildman–Crippen LogP) is 2.68. The summed E-state index contributed by atoms with van der Waals surface area (Å²) in [5, 5.41) is 5.44. The molecule has 0 aliphatic carbocycles. The molecule has 3 amide bonds. The normalized spacial score (nSPS) is 16.7. The summed E-state index contributed by atoms with van der Waals surface area (Å²) >= 11 is 3.37. The van der Waals surface area contributed by atoms with Crippen molar-refractivity contribution in [3.8, 4) is 0 Å². The summed E-state index contributed by atoms with van der Waals surface area (Å²) in [6, 6.07) is 5.55. The lowest BCUT2D eigenvalue weighted by atomic mass is 9.97. The number of piperidine rings is 1. The molecule has 0 spiro atoms. The average molecular weight is 426 g/mol. The second-order valence-corrected chi connectivity index (χ2v) is 7.12. The van der Waals surface area contributed by atoms with Crippen LogP contribution in [0.4, 0.5) is 10.5 Å². The number of hydrogen-bond acceptors (Lipinski definition) is 4. The van der Waals surface area contributed by atoms with E-state index in [1.807, 2.05) is 19.1 Å². The minimum Gasteiger partial charge on any atom is -0.450 e. The number of nitrogens with zero attached hydrogens (tertiary/aromatic N) is 1. The van der Waals surface area contributed by atoms with Crippen LogP contribution in [0.3, 0.4) is 0 Å². The first kappa shape index (κ1) is 20.2. The van der Waals surface area contributed by atoms with Crippen molar-refractivity contribution >= 4 is 39.5 Å². The van der Waals surface area contributed by atoms with Crippen molar-refractivity contribution in [3.63, 3.8) is 0 Å². The third-order valence-corrected chi connectivity index (χ3v) is 4.70. The molecular weight excluding hydrogens is 402 g/mol. The molecule has 1 atom stereocenters. The van der Waals surface area contributed by atoms with E-state index in [9.17, 15) is 14.4 Å². The van der Waals surface area contributed by atoms with E-state index in [1.165, 1.54) is 0 Å². The first-order chi connectivity index (χ1) is 12.4. The molecular formula is C18H24BrN3O4. The Morgan fingerprint density at radius 3 is 2.81 bits per heavy atom. The third kappa shape index (κ3) is 5.72. The molecule has 1 aromatic rings. The molecule has 1 aliphatic rings. The fraction of sp³-hybridized carbons (Fsp3) is 0.500. The fourth-order valence-corrected chi connectivity index (χ4v) is 3.32. The van der Waals surface area contributed by atoms with Gasteiger partial charge in [-0.1, -0.05) is 15.9 Å². The Kier molecular flexibility index (Phi) is 7.44. The van der Waals surface area contributed by atoms with Crippen molar-refractivity contribution in [1.82, 2.24) is 10.2 Å². The molecule has 7 nitrogen and oxygen atoms in total. The predicted molar refractivity (Wildman–Crippen MR) is 102 cm³/mol. The van der Waals surface area contributed by atoms with Crippen LogP contribution in [0, 0.1) is 12.8 Å². The van der Waals surface area contributed by atoms with Crippen molar-refractivity contribution in [2.75, 3.05) is 31.6 Å². The van der Waals surface area contributed by atoms with E-state index in [2.05, 4.69) is 26.6 Å². The van der Waals surface area contributed by atoms with E-state index in [0.717, 1.165) is 16.5 Å². The first-order valence-electron chi connectivity index (χ1n) is 8.66. The molecule has 1 fully saturated rings. The van der Waals surface area contributed by atoms with Gasteiger partial charge in [0.25, 0.3) is 0 Å². The second-order valence-electron chi connectivity index (χ2n) is 6.21. The van der Waals surface area contributed by atoms with Gasteiger partial charge in [0.1, 0.15) is 0 Å². The zero-order valence-electron chi connectivity index (χ0n) is 15.0. The minimum absolute atomic E-state index is 0.107. The standard InChI is InChI=1S/C18H24BrN3O4/c1-3-26-18(25)22-8-4-5-13(11-22)17(24)20-10-16(23)21-15-7-6-14(19)9-12(15)2/h6-7,9,13H,3-5,8,10-11H2,1-2H3,(H,20,24)(H,21,23). The molecule has 1 aliphatic heterocycles. The zero-order chi connectivity index (χ0) is 19.1. The molecule has 0 saturated carbocycles. The van der Waals surface area contributed by atoms with E-state index < -0.39 is 6.09 Å². The number of halogens is 1. The van der Waals surface area contributed by atoms with Gasteiger partial charge in [-0.05, 0) is 50.5 Å². The van der Waals surface area contributed by atoms with Gasteiger partial charge in [-0.3, -0.25) is 9.59 Å². The number of carbonyl (C=O) groups is 3. The van der Waals surface area contributed by atoms with E-state index in [0.29, 0.717) is 31.8 Å². The third-order valence-electron chi connectivity index (χ3n) is 4.20. The van der Waals surface area contributed by atoms with Gasteiger partial charge in [0.2, 0.25) is 11.8 Å². The minimum atomic E-state index is -0.395. The van der Waals surface area contributed by atoms with Crippen molar-refractivity contribution in [2.45, 2.75) is 26.7 Å². The van der Waals surface area contributed by atoms with Crippen LogP contribution in [0.2, 0.25) is 0 Å². The lowest BCUT2D eigenvalue weighted by Gasteiger charge is -2.31. The summed E-state index contributed by atoms with van der Waals surface area (Å²) < 4.78 is 5.92. The van der Waals surface area contributed by atoms with Crippen LogP contribution in [0.1, 0.15) is 25.3 Å².